The van der Waals surface area contributed by atoms with E-state index >= 15 is 0 Å². The number of nitriles is 1. The average molecular weight is 622 g/mol. The van der Waals surface area contributed by atoms with Gasteiger partial charge < -0.3 is 20.1 Å². The van der Waals surface area contributed by atoms with E-state index in [-0.39, 0.29) is 36.7 Å². The molecule has 0 atom stereocenters. The lowest BCUT2D eigenvalue weighted by atomic mass is 9.69. The summed E-state index contributed by atoms with van der Waals surface area (Å²) < 4.78 is 48.7. The third-order valence-electron chi connectivity index (χ3n) is 9.48. The summed E-state index contributed by atoms with van der Waals surface area (Å²) >= 11 is 0. The molecule has 3 N–H and O–H groups in total. The minimum Gasteiger partial charge on any atom is -0.474 e. The van der Waals surface area contributed by atoms with E-state index in [1.165, 1.54) is 6.33 Å². The van der Waals surface area contributed by atoms with Gasteiger partial charge in [-0.3, -0.25) is 9.58 Å². The van der Waals surface area contributed by atoms with Crippen LogP contribution in [-0.2, 0) is 18.3 Å². The van der Waals surface area contributed by atoms with Crippen LogP contribution in [0.2, 0.25) is 0 Å². The summed E-state index contributed by atoms with van der Waals surface area (Å²) in [5, 5.41) is 27.9. The number of rotatable bonds is 9. The molecule has 0 amide bonds. The molecule has 7 rings (SSSR count). The Morgan fingerprint density at radius 1 is 1.18 bits per heavy atom. The van der Waals surface area contributed by atoms with E-state index in [1.807, 2.05) is 23.1 Å². The molecule has 45 heavy (non-hydrogen) atoms. The number of ether oxygens (including phenoxy) is 1. The van der Waals surface area contributed by atoms with Crippen molar-refractivity contribution in [2.75, 3.05) is 13.1 Å². The molecule has 0 aromatic carbocycles. The summed E-state index contributed by atoms with van der Waals surface area (Å²) in [6.45, 7) is 1.73. The molecule has 2 saturated carbocycles. The normalized spacial score (nSPS) is 25.9. The van der Waals surface area contributed by atoms with Gasteiger partial charge in [-0.05, 0) is 56.2 Å². The Labute approximate surface area is 257 Å². The molecule has 3 fully saturated rings. The average Bonchev–Trinajstić information content (AvgIpc) is 3.67. The summed E-state index contributed by atoms with van der Waals surface area (Å²) in [7, 11) is 0. The molecule has 3 aliphatic rings. The number of nitrogens with zero attached hydrogens (tertiary/aromatic N) is 7. The SMILES string of the molecule is N#CC[C@]1(n2cc(-c3ncnc4[nH]ccc34)cn2)C[C@@H](N2CCC(Oc3cc(CN[C@H]4C[C@H](O)C4)cc(C(F)(F)F)n3)CC2)C1. The Morgan fingerprint density at radius 3 is 2.71 bits per heavy atom. The van der Waals surface area contributed by atoms with Crippen molar-refractivity contribution >= 4 is 11.0 Å². The molecule has 0 spiro atoms. The Bertz CT molecular complexity index is 1690. The molecule has 11 nitrogen and oxygen atoms in total. The van der Waals surface area contributed by atoms with Gasteiger partial charge in [-0.15, -0.1) is 0 Å². The molecule has 0 unspecified atom stereocenters. The second kappa shape index (κ2) is 11.7. The fourth-order valence-corrected chi connectivity index (χ4v) is 6.86. The highest BCUT2D eigenvalue weighted by atomic mass is 19.4. The van der Waals surface area contributed by atoms with E-state index in [0.29, 0.717) is 37.7 Å². The monoisotopic (exact) mass is 621 g/mol. The molecule has 1 saturated heterocycles. The summed E-state index contributed by atoms with van der Waals surface area (Å²) in [5.41, 5.74) is 1.49. The topological polar surface area (TPSA) is 141 Å². The number of aliphatic hydroxyl groups excluding tert-OH is 1. The maximum Gasteiger partial charge on any atom is 0.433 e. The fraction of sp³-hybridized carbons (Fsp3) is 0.516. The van der Waals surface area contributed by atoms with Crippen LogP contribution in [0.5, 0.6) is 5.88 Å². The van der Waals surface area contributed by atoms with Gasteiger partial charge in [-0.2, -0.15) is 23.5 Å². The van der Waals surface area contributed by atoms with E-state index in [2.05, 4.69) is 41.3 Å². The zero-order valence-electron chi connectivity index (χ0n) is 24.5. The third-order valence-corrected chi connectivity index (χ3v) is 9.48. The number of hydrogen-bond acceptors (Lipinski definition) is 9. The number of halogens is 3. The molecule has 0 radical (unpaired) electrons. The minimum absolute atomic E-state index is 0.0134. The number of likely N-dealkylation sites (tertiary alicyclic amines) is 1. The summed E-state index contributed by atoms with van der Waals surface area (Å²) in [6, 6.07) is 7.29. The van der Waals surface area contributed by atoms with Crippen LogP contribution in [0, 0.1) is 11.3 Å². The van der Waals surface area contributed by atoms with Gasteiger partial charge in [0.15, 0.2) is 0 Å². The van der Waals surface area contributed by atoms with E-state index in [4.69, 9.17) is 4.74 Å². The van der Waals surface area contributed by atoms with Gasteiger partial charge in [0, 0.05) is 61.1 Å². The number of piperidine rings is 1. The lowest BCUT2D eigenvalue weighted by molar-refractivity contribution is -0.141. The standard InChI is InChI=1S/C31H34F3N9O2/c32-31(33,34)26-9-19(15-37-21-11-23(44)12-21)10-27(41-26)45-24-2-7-42(8-3-24)22-13-30(14-22,4-5-35)43-17-20(16-40-43)28-25-1-6-36-29(25)39-18-38-28/h1,6,9-10,16-18,21-24,37,44H,2-4,7-8,11-15H2,(H,36,38,39)/t21-,22-,23-,30+. The summed E-state index contributed by atoms with van der Waals surface area (Å²) in [5.74, 6) is -0.0134. The Balaban J connectivity index is 0.969. The first-order valence-corrected chi connectivity index (χ1v) is 15.3. The number of pyridine rings is 1. The van der Waals surface area contributed by atoms with Crippen molar-refractivity contribution in [3.05, 3.63) is 54.4 Å². The van der Waals surface area contributed by atoms with Gasteiger partial charge in [0.05, 0.1) is 36.0 Å². The van der Waals surface area contributed by atoms with E-state index < -0.39 is 17.4 Å². The maximum absolute atomic E-state index is 13.6. The second-order valence-corrected chi connectivity index (χ2v) is 12.5. The van der Waals surface area contributed by atoms with Crippen LogP contribution < -0.4 is 10.1 Å². The van der Waals surface area contributed by atoms with E-state index in [1.54, 1.807) is 12.3 Å². The number of alkyl halides is 3. The molecule has 14 heteroatoms. The number of aromatic nitrogens is 6. The van der Waals surface area contributed by atoms with Gasteiger partial charge in [0.1, 0.15) is 23.8 Å². The van der Waals surface area contributed by atoms with Gasteiger partial charge >= 0.3 is 6.18 Å². The Kier molecular flexibility index (Phi) is 7.71. The van der Waals surface area contributed by atoms with Gasteiger partial charge in [-0.25, -0.2) is 15.0 Å². The lowest BCUT2D eigenvalue weighted by Crippen LogP contribution is -2.58. The number of fused-ring (bicyclic) bond motifs is 1. The predicted molar refractivity (Wildman–Crippen MR) is 157 cm³/mol. The number of hydrogen-bond donors (Lipinski definition) is 3. The van der Waals surface area contributed by atoms with Crippen LogP contribution in [0.1, 0.15) is 56.2 Å². The van der Waals surface area contributed by atoms with E-state index in [9.17, 15) is 23.5 Å². The number of aromatic amines is 1. The first-order valence-electron chi connectivity index (χ1n) is 15.3. The molecule has 236 valence electrons. The Hall–Kier alpha value is -4.06. The van der Waals surface area contributed by atoms with Crippen molar-refractivity contribution in [3.8, 4) is 23.2 Å². The van der Waals surface area contributed by atoms with Crippen LogP contribution in [0.25, 0.3) is 22.3 Å². The smallest absolute Gasteiger partial charge is 0.433 e. The Morgan fingerprint density at radius 2 is 1.98 bits per heavy atom. The highest BCUT2D eigenvalue weighted by Crippen LogP contribution is 2.45. The first kappa shape index (κ1) is 29.6. The molecule has 1 aliphatic heterocycles. The van der Waals surface area contributed by atoms with Crippen LogP contribution in [0.4, 0.5) is 13.2 Å². The molecular formula is C31H34F3N9O2. The summed E-state index contributed by atoms with van der Waals surface area (Å²) in [6.07, 6.45) is 6.35. The number of nitrogens with one attached hydrogen (secondary N) is 2. The lowest BCUT2D eigenvalue weighted by Gasteiger charge is -2.52. The molecule has 5 heterocycles. The highest BCUT2D eigenvalue weighted by molar-refractivity contribution is 5.90. The van der Waals surface area contributed by atoms with E-state index in [0.717, 1.165) is 54.3 Å². The van der Waals surface area contributed by atoms with Gasteiger partial charge in [-0.1, -0.05) is 0 Å². The van der Waals surface area contributed by atoms with Crippen LogP contribution in [0.3, 0.4) is 0 Å². The van der Waals surface area contributed by atoms with Crippen molar-refractivity contribution in [1.29, 1.82) is 5.26 Å². The predicted octanol–water partition coefficient (Wildman–Crippen LogP) is 4.16. The zero-order valence-corrected chi connectivity index (χ0v) is 24.5. The number of aliphatic hydroxyl groups is 1. The van der Waals surface area contributed by atoms with Crippen molar-refractivity contribution in [1.82, 2.24) is 39.9 Å². The van der Waals surface area contributed by atoms with Crippen LogP contribution in [-0.4, -0.2) is 77.1 Å². The molecule has 0 bridgehead atoms. The largest absolute Gasteiger partial charge is 0.474 e. The molecule has 4 aromatic rings. The summed E-state index contributed by atoms with van der Waals surface area (Å²) in [4.78, 5) is 18.0. The van der Waals surface area contributed by atoms with Crippen molar-refractivity contribution in [3.63, 3.8) is 0 Å². The molecular weight excluding hydrogens is 587 g/mol. The van der Waals surface area contributed by atoms with Crippen molar-refractivity contribution < 1.29 is 23.0 Å². The number of H-pyrrole nitrogens is 1. The molecule has 2 aliphatic carbocycles. The second-order valence-electron chi connectivity index (χ2n) is 12.5. The molecule has 4 aromatic heterocycles. The highest BCUT2D eigenvalue weighted by Gasteiger charge is 2.49. The fourth-order valence-electron chi connectivity index (χ4n) is 6.86. The zero-order chi connectivity index (χ0) is 31.2. The maximum atomic E-state index is 13.6. The minimum atomic E-state index is -4.58. The van der Waals surface area contributed by atoms with Crippen LogP contribution >= 0.6 is 0 Å². The van der Waals surface area contributed by atoms with Gasteiger partial charge in [0.2, 0.25) is 5.88 Å². The quantitative estimate of drug-likeness (QED) is 0.251. The van der Waals surface area contributed by atoms with Gasteiger partial charge in [0.25, 0.3) is 0 Å². The van der Waals surface area contributed by atoms with Crippen molar-refractivity contribution in [2.45, 2.75) is 87.5 Å². The first-order chi connectivity index (χ1) is 21.7. The third kappa shape index (κ3) is 5.99. The van der Waals surface area contributed by atoms with Crippen LogP contribution in [0.15, 0.2) is 43.1 Å². The van der Waals surface area contributed by atoms with Crippen molar-refractivity contribution in [2.24, 2.45) is 0 Å².